The summed E-state index contributed by atoms with van der Waals surface area (Å²) in [6, 6.07) is 10.3. The molecule has 156 valence electrons. The molecule has 0 spiro atoms. The Labute approximate surface area is 181 Å². The summed E-state index contributed by atoms with van der Waals surface area (Å²) in [4.78, 5) is 27.1. The summed E-state index contributed by atoms with van der Waals surface area (Å²) in [5, 5.41) is 3.71. The highest BCUT2D eigenvalue weighted by Gasteiger charge is 2.28. The van der Waals surface area contributed by atoms with Crippen molar-refractivity contribution in [1.29, 1.82) is 0 Å². The zero-order valence-corrected chi connectivity index (χ0v) is 18.2. The van der Waals surface area contributed by atoms with Crippen molar-refractivity contribution in [3.05, 3.63) is 69.5 Å². The summed E-state index contributed by atoms with van der Waals surface area (Å²) < 4.78 is 14.2. The standard InChI is InChI=1S/C22H25Cl2FN2O2/c1-4-14(2)26-22(29)15(3)27(13-17-7-5-6-8-20(17)25)21(28)11-16-9-10-18(23)12-19(16)24/h5-10,12,14-15H,4,11,13H2,1-3H3,(H,26,29)/t14-,15-/m0/s1. The van der Waals surface area contributed by atoms with E-state index in [1.165, 1.54) is 11.0 Å². The molecule has 0 aliphatic rings. The number of nitrogens with zero attached hydrogens (tertiary/aromatic N) is 1. The van der Waals surface area contributed by atoms with Crippen LogP contribution in [-0.2, 0) is 22.6 Å². The van der Waals surface area contributed by atoms with Gasteiger partial charge in [-0.1, -0.05) is 54.4 Å². The number of benzene rings is 2. The maximum Gasteiger partial charge on any atom is 0.242 e. The van der Waals surface area contributed by atoms with Crippen molar-refractivity contribution >= 4 is 35.0 Å². The first kappa shape index (κ1) is 23.2. The Morgan fingerprint density at radius 3 is 2.41 bits per heavy atom. The monoisotopic (exact) mass is 438 g/mol. The summed E-state index contributed by atoms with van der Waals surface area (Å²) in [6.45, 7) is 5.47. The van der Waals surface area contributed by atoms with Gasteiger partial charge in [0.2, 0.25) is 11.8 Å². The van der Waals surface area contributed by atoms with Crippen LogP contribution in [0.3, 0.4) is 0 Å². The number of carbonyl (C=O) groups is 2. The molecule has 29 heavy (non-hydrogen) atoms. The van der Waals surface area contributed by atoms with Crippen molar-refractivity contribution in [3.8, 4) is 0 Å². The second-order valence-corrected chi connectivity index (χ2v) is 7.86. The minimum absolute atomic E-state index is 0.0220. The van der Waals surface area contributed by atoms with Crippen LogP contribution in [-0.4, -0.2) is 28.8 Å². The maximum absolute atomic E-state index is 14.2. The van der Waals surface area contributed by atoms with E-state index in [0.717, 1.165) is 6.42 Å². The first-order chi connectivity index (χ1) is 13.7. The molecule has 2 aromatic carbocycles. The molecule has 2 aromatic rings. The lowest BCUT2D eigenvalue weighted by molar-refractivity contribution is -0.140. The molecule has 2 rings (SSSR count). The summed E-state index contributed by atoms with van der Waals surface area (Å²) in [5.74, 6) is -1.04. The molecule has 4 nitrogen and oxygen atoms in total. The average Bonchev–Trinajstić information content (AvgIpc) is 2.68. The van der Waals surface area contributed by atoms with Crippen molar-refractivity contribution in [2.75, 3.05) is 0 Å². The van der Waals surface area contributed by atoms with Crippen molar-refractivity contribution in [2.45, 2.75) is 52.2 Å². The number of rotatable bonds is 8. The second-order valence-electron chi connectivity index (χ2n) is 7.02. The van der Waals surface area contributed by atoms with E-state index in [-0.39, 0.29) is 30.8 Å². The van der Waals surface area contributed by atoms with Gasteiger partial charge >= 0.3 is 0 Å². The molecule has 0 radical (unpaired) electrons. The van der Waals surface area contributed by atoms with Gasteiger partial charge in [-0.2, -0.15) is 0 Å². The van der Waals surface area contributed by atoms with Gasteiger partial charge in [0, 0.05) is 28.2 Å². The molecule has 1 N–H and O–H groups in total. The van der Waals surface area contributed by atoms with E-state index in [2.05, 4.69) is 5.32 Å². The number of carbonyl (C=O) groups excluding carboxylic acids is 2. The van der Waals surface area contributed by atoms with Crippen molar-refractivity contribution in [3.63, 3.8) is 0 Å². The van der Waals surface area contributed by atoms with Crippen molar-refractivity contribution < 1.29 is 14.0 Å². The molecule has 0 heterocycles. The van der Waals surface area contributed by atoms with E-state index in [1.54, 1.807) is 43.3 Å². The third-order valence-corrected chi connectivity index (χ3v) is 5.41. The highest BCUT2D eigenvalue weighted by Crippen LogP contribution is 2.23. The van der Waals surface area contributed by atoms with E-state index in [0.29, 0.717) is 21.2 Å². The Kier molecular flexibility index (Phi) is 8.47. The quantitative estimate of drug-likeness (QED) is 0.629. The van der Waals surface area contributed by atoms with Crippen LogP contribution in [0.5, 0.6) is 0 Å². The molecule has 0 aromatic heterocycles. The summed E-state index contributed by atoms with van der Waals surface area (Å²) in [5.41, 5.74) is 0.931. The van der Waals surface area contributed by atoms with Gasteiger partial charge in [0.15, 0.2) is 0 Å². The Hall–Kier alpha value is -2.11. The van der Waals surface area contributed by atoms with Crippen molar-refractivity contribution in [2.24, 2.45) is 0 Å². The Bertz CT molecular complexity index is 876. The van der Waals surface area contributed by atoms with E-state index in [4.69, 9.17) is 23.2 Å². The molecule has 2 amide bonds. The third kappa shape index (κ3) is 6.44. The van der Waals surface area contributed by atoms with E-state index < -0.39 is 11.9 Å². The Balaban J connectivity index is 2.28. The lowest BCUT2D eigenvalue weighted by Crippen LogP contribution is -2.50. The maximum atomic E-state index is 14.2. The topological polar surface area (TPSA) is 49.4 Å². The van der Waals surface area contributed by atoms with Crippen LogP contribution in [0.4, 0.5) is 4.39 Å². The predicted molar refractivity (Wildman–Crippen MR) is 114 cm³/mol. The van der Waals surface area contributed by atoms with Crippen LogP contribution >= 0.6 is 23.2 Å². The Morgan fingerprint density at radius 1 is 1.10 bits per heavy atom. The fraction of sp³-hybridized carbons (Fsp3) is 0.364. The van der Waals surface area contributed by atoms with E-state index >= 15 is 0 Å². The number of nitrogens with one attached hydrogen (secondary N) is 1. The van der Waals surface area contributed by atoms with Crippen molar-refractivity contribution in [1.82, 2.24) is 10.2 Å². The highest BCUT2D eigenvalue weighted by atomic mass is 35.5. The predicted octanol–water partition coefficient (Wildman–Crippen LogP) is 5.01. The second kappa shape index (κ2) is 10.6. The molecule has 2 atom stereocenters. The van der Waals surface area contributed by atoms with Crippen LogP contribution in [0, 0.1) is 5.82 Å². The zero-order valence-electron chi connectivity index (χ0n) is 16.7. The molecule has 0 unspecified atom stereocenters. The molecular weight excluding hydrogens is 414 g/mol. The fourth-order valence-corrected chi connectivity index (χ4v) is 3.26. The summed E-state index contributed by atoms with van der Waals surface area (Å²) >= 11 is 12.1. The van der Waals surface area contributed by atoms with Gasteiger partial charge < -0.3 is 10.2 Å². The van der Waals surface area contributed by atoms with Crippen LogP contribution in [0.25, 0.3) is 0 Å². The van der Waals surface area contributed by atoms with Gasteiger partial charge in [0.05, 0.1) is 6.42 Å². The van der Waals surface area contributed by atoms with Gasteiger partial charge in [-0.05, 0) is 44.0 Å². The number of hydrogen-bond donors (Lipinski definition) is 1. The molecule has 7 heteroatoms. The minimum atomic E-state index is -0.776. The SMILES string of the molecule is CC[C@H](C)NC(=O)[C@H](C)N(Cc1ccccc1F)C(=O)Cc1ccc(Cl)cc1Cl. The first-order valence-electron chi connectivity index (χ1n) is 9.50. The lowest BCUT2D eigenvalue weighted by Gasteiger charge is -2.30. The average molecular weight is 439 g/mol. The molecule has 0 aliphatic heterocycles. The van der Waals surface area contributed by atoms with Gasteiger partial charge in [-0.25, -0.2) is 4.39 Å². The molecule has 0 saturated carbocycles. The van der Waals surface area contributed by atoms with Crippen LogP contribution in [0.1, 0.15) is 38.3 Å². The van der Waals surface area contributed by atoms with Gasteiger partial charge in [-0.3, -0.25) is 9.59 Å². The van der Waals surface area contributed by atoms with Gasteiger partial charge in [0.1, 0.15) is 11.9 Å². The van der Waals surface area contributed by atoms with Gasteiger partial charge in [-0.15, -0.1) is 0 Å². The third-order valence-electron chi connectivity index (χ3n) is 4.82. The summed E-state index contributed by atoms with van der Waals surface area (Å²) in [7, 11) is 0. The minimum Gasteiger partial charge on any atom is -0.352 e. The fourth-order valence-electron chi connectivity index (χ4n) is 2.79. The number of hydrogen-bond acceptors (Lipinski definition) is 2. The van der Waals surface area contributed by atoms with Crippen LogP contribution in [0.2, 0.25) is 10.0 Å². The highest BCUT2D eigenvalue weighted by molar-refractivity contribution is 6.35. The molecule has 0 bridgehead atoms. The first-order valence-corrected chi connectivity index (χ1v) is 10.3. The normalized spacial score (nSPS) is 12.9. The molecular formula is C22H25Cl2FN2O2. The van der Waals surface area contributed by atoms with E-state index in [1.807, 2.05) is 13.8 Å². The zero-order chi connectivity index (χ0) is 21.6. The molecule has 0 fully saturated rings. The lowest BCUT2D eigenvalue weighted by atomic mass is 10.1. The van der Waals surface area contributed by atoms with Crippen LogP contribution < -0.4 is 5.32 Å². The Morgan fingerprint density at radius 2 is 1.79 bits per heavy atom. The number of amides is 2. The van der Waals surface area contributed by atoms with E-state index in [9.17, 15) is 14.0 Å². The number of halogens is 3. The molecule has 0 aliphatic carbocycles. The van der Waals surface area contributed by atoms with Crippen LogP contribution in [0.15, 0.2) is 42.5 Å². The summed E-state index contributed by atoms with van der Waals surface area (Å²) in [6.07, 6.45) is 0.742. The molecule has 0 saturated heterocycles. The largest absolute Gasteiger partial charge is 0.352 e. The smallest absolute Gasteiger partial charge is 0.242 e. The van der Waals surface area contributed by atoms with Gasteiger partial charge in [0.25, 0.3) is 0 Å².